The van der Waals surface area contributed by atoms with E-state index in [0.29, 0.717) is 13.1 Å². The molecule has 2 rings (SSSR count). The van der Waals surface area contributed by atoms with Gasteiger partial charge in [-0.25, -0.2) is 0 Å². The Labute approximate surface area is 89.3 Å². The molecule has 0 unspecified atom stereocenters. The van der Waals surface area contributed by atoms with E-state index in [1.165, 1.54) is 16.0 Å². The van der Waals surface area contributed by atoms with Crippen LogP contribution in [-0.4, -0.2) is 28.3 Å². The van der Waals surface area contributed by atoms with Gasteiger partial charge in [0, 0.05) is 30.2 Å². The summed E-state index contributed by atoms with van der Waals surface area (Å²) >= 11 is 0. The summed E-state index contributed by atoms with van der Waals surface area (Å²) < 4.78 is 0. The Kier molecular flexibility index (Phi) is 3.04. The molecule has 15 heavy (non-hydrogen) atoms. The fourth-order valence-electron chi connectivity index (χ4n) is 1.75. The molecular formula is C12H16N2O. The number of nitrogens with zero attached hydrogens (tertiary/aromatic N) is 1. The van der Waals surface area contributed by atoms with E-state index in [1.807, 2.05) is 25.3 Å². The molecule has 1 aromatic carbocycles. The van der Waals surface area contributed by atoms with Crippen LogP contribution in [0.2, 0.25) is 0 Å². The lowest BCUT2D eigenvalue weighted by atomic mass is 10.1. The van der Waals surface area contributed by atoms with Crippen molar-refractivity contribution in [3.63, 3.8) is 0 Å². The second-order valence-electron chi connectivity index (χ2n) is 3.66. The van der Waals surface area contributed by atoms with Crippen molar-refractivity contribution in [2.45, 2.75) is 13.3 Å². The van der Waals surface area contributed by atoms with Gasteiger partial charge in [0.25, 0.3) is 0 Å². The fraction of sp³-hybridized carbons (Fsp3) is 0.333. The minimum atomic E-state index is 0.669. The first-order chi connectivity index (χ1) is 7.31. The highest BCUT2D eigenvalue weighted by Gasteiger charge is 2.04. The molecule has 2 aromatic rings. The first kappa shape index (κ1) is 10.2. The summed E-state index contributed by atoms with van der Waals surface area (Å²) in [6.45, 7) is 3.29. The van der Waals surface area contributed by atoms with Crippen LogP contribution in [0.3, 0.4) is 0 Å². The molecule has 0 bridgehead atoms. The monoisotopic (exact) mass is 204 g/mol. The molecule has 0 aliphatic heterocycles. The zero-order chi connectivity index (χ0) is 10.7. The zero-order valence-electron chi connectivity index (χ0n) is 8.90. The molecule has 0 aliphatic carbocycles. The van der Waals surface area contributed by atoms with Gasteiger partial charge < -0.3 is 10.2 Å². The van der Waals surface area contributed by atoms with Crippen LogP contribution in [0.5, 0.6) is 0 Å². The minimum Gasteiger partial charge on any atom is -0.361 e. The van der Waals surface area contributed by atoms with E-state index >= 15 is 0 Å². The van der Waals surface area contributed by atoms with E-state index in [0.717, 1.165) is 11.9 Å². The average molecular weight is 204 g/mol. The molecule has 0 saturated heterocycles. The second-order valence-corrected chi connectivity index (χ2v) is 3.66. The van der Waals surface area contributed by atoms with Crippen molar-refractivity contribution >= 4 is 10.9 Å². The maximum absolute atomic E-state index is 9.35. The number of hydrogen-bond acceptors (Lipinski definition) is 2. The Morgan fingerprint density at radius 1 is 1.33 bits per heavy atom. The van der Waals surface area contributed by atoms with Crippen molar-refractivity contribution in [2.75, 3.05) is 13.1 Å². The number of nitrogens with one attached hydrogen (secondary N) is 1. The van der Waals surface area contributed by atoms with E-state index in [-0.39, 0.29) is 0 Å². The normalized spacial score (nSPS) is 11.4. The smallest absolute Gasteiger partial charge is 0.0456 e. The van der Waals surface area contributed by atoms with Crippen LogP contribution < -0.4 is 0 Å². The lowest BCUT2D eigenvalue weighted by molar-refractivity contribution is -0.0849. The Morgan fingerprint density at radius 3 is 2.93 bits per heavy atom. The van der Waals surface area contributed by atoms with Gasteiger partial charge in [-0.2, -0.15) is 5.06 Å². The van der Waals surface area contributed by atoms with E-state index in [4.69, 9.17) is 0 Å². The summed E-state index contributed by atoms with van der Waals surface area (Å²) in [7, 11) is 0. The first-order valence-corrected chi connectivity index (χ1v) is 5.30. The number of H-pyrrole nitrogens is 1. The molecule has 0 amide bonds. The number of para-hydroxylation sites is 1. The van der Waals surface area contributed by atoms with Crippen molar-refractivity contribution in [1.29, 1.82) is 0 Å². The van der Waals surface area contributed by atoms with Crippen molar-refractivity contribution in [2.24, 2.45) is 0 Å². The third-order valence-electron chi connectivity index (χ3n) is 2.68. The number of aromatic amines is 1. The number of hydroxylamine groups is 2. The molecule has 0 aliphatic rings. The Balaban J connectivity index is 2.14. The van der Waals surface area contributed by atoms with Crippen molar-refractivity contribution in [3.8, 4) is 0 Å². The Hall–Kier alpha value is -1.32. The molecule has 3 nitrogen and oxygen atoms in total. The average Bonchev–Trinajstić information content (AvgIpc) is 2.69. The molecule has 0 fully saturated rings. The van der Waals surface area contributed by atoms with E-state index in [9.17, 15) is 5.21 Å². The molecule has 1 aromatic heterocycles. The first-order valence-electron chi connectivity index (χ1n) is 5.30. The molecule has 0 atom stereocenters. The van der Waals surface area contributed by atoms with Gasteiger partial charge in [-0.05, 0) is 18.1 Å². The Morgan fingerprint density at radius 2 is 2.13 bits per heavy atom. The fourth-order valence-corrected chi connectivity index (χ4v) is 1.75. The van der Waals surface area contributed by atoms with Gasteiger partial charge >= 0.3 is 0 Å². The number of hydrogen-bond donors (Lipinski definition) is 2. The van der Waals surface area contributed by atoms with Crippen LogP contribution in [0.1, 0.15) is 12.5 Å². The van der Waals surface area contributed by atoms with Gasteiger partial charge in [-0.3, -0.25) is 0 Å². The van der Waals surface area contributed by atoms with E-state index < -0.39 is 0 Å². The predicted molar refractivity (Wildman–Crippen MR) is 61.0 cm³/mol. The highest BCUT2D eigenvalue weighted by Crippen LogP contribution is 2.17. The van der Waals surface area contributed by atoms with Crippen LogP contribution >= 0.6 is 0 Å². The number of benzene rings is 1. The number of rotatable bonds is 4. The maximum Gasteiger partial charge on any atom is 0.0456 e. The number of fused-ring (bicyclic) bond motifs is 1. The number of likely N-dealkylation sites (N-methyl/N-ethyl adjacent to an activating group) is 1. The van der Waals surface area contributed by atoms with Crippen LogP contribution in [0.4, 0.5) is 0 Å². The lowest BCUT2D eigenvalue weighted by Gasteiger charge is -2.10. The van der Waals surface area contributed by atoms with Gasteiger partial charge in [0.05, 0.1) is 0 Å². The molecule has 0 spiro atoms. The minimum absolute atomic E-state index is 0.669. The summed E-state index contributed by atoms with van der Waals surface area (Å²) in [5, 5.41) is 11.9. The van der Waals surface area contributed by atoms with Gasteiger partial charge in [-0.15, -0.1) is 0 Å². The van der Waals surface area contributed by atoms with Crippen molar-refractivity contribution in [3.05, 3.63) is 36.0 Å². The standard InChI is InChI=1S/C12H16N2O/c1-2-14(15)8-7-10-9-13-12-6-4-3-5-11(10)12/h3-6,9,13,15H,2,7-8H2,1H3. The quantitative estimate of drug-likeness (QED) is 0.751. The zero-order valence-corrected chi connectivity index (χ0v) is 8.90. The molecule has 0 saturated carbocycles. The van der Waals surface area contributed by atoms with Crippen molar-refractivity contribution < 1.29 is 5.21 Å². The summed E-state index contributed by atoms with van der Waals surface area (Å²) in [5.74, 6) is 0. The second kappa shape index (κ2) is 4.47. The van der Waals surface area contributed by atoms with Gasteiger partial charge in [0.2, 0.25) is 0 Å². The molecule has 0 radical (unpaired) electrons. The van der Waals surface area contributed by atoms with Crippen LogP contribution in [0.15, 0.2) is 30.5 Å². The van der Waals surface area contributed by atoms with Crippen LogP contribution in [-0.2, 0) is 6.42 Å². The van der Waals surface area contributed by atoms with E-state index in [2.05, 4.69) is 17.1 Å². The summed E-state index contributed by atoms with van der Waals surface area (Å²) in [6, 6.07) is 8.23. The molecular weight excluding hydrogens is 188 g/mol. The molecule has 3 heteroatoms. The summed E-state index contributed by atoms with van der Waals surface area (Å²) in [6.07, 6.45) is 2.89. The molecule has 2 N–H and O–H groups in total. The van der Waals surface area contributed by atoms with Gasteiger partial charge in [0.15, 0.2) is 0 Å². The number of aromatic nitrogens is 1. The summed E-state index contributed by atoms with van der Waals surface area (Å²) in [4.78, 5) is 3.23. The van der Waals surface area contributed by atoms with Crippen LogP contribution in [0, 0.1) is 0 Å². The lowest BCUT2D eigenvalue weighted by Crippen LogP contribution is -2.21. The molecule has 1 heterocycles. The third-order valence-corrected chi connectivity index (χ3v) is 2.68. The SMILES string of the molecule is CCN(O)CCc1c[nH]c2ccccc12. The van der Waals surface area contributed by atoms with Gasteiger partial charge in [0.1, 0.15) is 0 Å². The third kappa shape index (κ3) is 2.19. The highest BCUT2D eigenvalue weighted by atomic mass is 16.5. The largest absolute Gasteiger partial charge is 0.361 e. The molecule has 80 valence electrons. The Bertz CT molecular complexity index is 436. The van der Waals surface area contributed by atoms with Gasteiger partial charge in [-0.1, -0.05) is 25.1 Å². The van der Waals surface area contributed by atoms with Crippen LogP contribution in [0.25, 0.3) is 10.9 Å². The summed E-state index contributed by atoms with van der Waals surface area (Å²) in [5.41, 5.74) is 2.42. The highest BCUT2D eigenvalue weighted by molar-refractivity contribution is 5.83. The maximum atomic E-state index is 9.35. The van der Waals surface area contributed by atoms with Crippen molar-refractivity contribution in [1.82, 2.24) is 10.0 Å². The predicted octanol–water partition coefficient (Wildman–Crippen LogP) is 2.42. The topological polar surface area (TPSA) is 39.3 Å². The van der Waals surface area contributed by atoms with E-state index in [1.54, 1.807) is 0 Å².